The minimum Gasteiger partial charge on any atom is -0.497 e. The Labute approximate surface area is 186 Å². The Bertz CT molecular complexity index is 526. The van der Waals surface area contributed by atoms with Gasteiger partial charge in [0, 0.05) is 6.42 Å². The van der Waals surface area contributed by atoms with Crippen molar-refractivity contribution in [2.75, 3.05) is 7.11 Å². The van der Waals surface area contributed by atoms with Gasteiger partial charge in [-0.2, -0.15) is 0 Å². The van der Waals surface area contributed by atoms with Gasteiger partial charge in [-0.3, -0.25) is 4.79 Å². The Kier molecular flexibility index (Phi) is 16.2. The molecule has 30 heavy (non-hydrogen) atoms. The van der Waals surface area contributed by atoms with Crippen LogP contribution >= 0.6 is 0 Å². The van der Waals surface area contributed by atoms with Crippen LogP contribution in [0.2, 0.25) is 0 Å². The maximum atomic E-state index is 12.1. The maximum absolute atomic E-state index is 12.1. The van der Waals surface area contributed by atoms with Gasteiger partial charge in [0.1, 0.15) is 5.75 Å². The molecule has 0 heterocycles. The molecule has 1 aromatic carbocycles. The summed E-state index contributed by atoms with van der Waals surface area (Å²) in [5.41, 5.74) is 1.11. The molecule has 0 spiro atoms. The van der Waals surface area contributed by atoms with Crippen molar-refractivity contribution in [3.63, 3.8) is 0 Å². The topological polar surface area (TPSA) is 38.3 Å². The van der Waals surface area contributed by atoms with E-state index in [0.29, 0.717) is 6.42 Å². The lowest BCUT2D eigenvalue weighted by atomic mass is 10.0. The number of benzene rings is 1. The largest absolute Gasteiger partial charge is 0.497 e. The number of hydrogen-bond donors (Lipinski definition) is 1. The second-order valence-electron chi connectivity index (χ2n) is 8.76. The number of unbranched alkanes of at least 4 members (excludes halogenated alkanes) is 14. The van der Waals surface area contributed by atoms with E-state index in [1.807, 2.05) is 31.2 Å². The molecule has 0 aliphatic heterocycles. The summed E-state index contributed by atoms with van der Waals surface area (Å²) >= 11 is 0. The van der Waals surface area contributed by atoms with E-state index in [1.54, 1.807) is 7.11 Å². The summed E-state index contributed by atoms with van der Waals surface area (Å²) in [7, 11) is 1.66. The fraction of sp³-hybridized carbons (Fsp3) is 0.741. The van der Waals surface area contributed by atoms with Crippen LogP contribution in [-0.4, -0.2) is 13.0 Å². The normalized spacial score (nSPS) is 12.0. The van der Waals surface area contributed by atoms with Crippen molar-refractivity contribution in [3.8, 4) is 5.75 Å². The summed E-state index contributed by atoms with van der Waals surface area (Å²) in [5.74, 6) is 1.00. The molecule has 1 aromatic rings. The third kappa shape index (κ3) is 13.7. The second kappa shape index (κ2) is 18.3. The number of methoxy groups -OCH3 is 1. The van der Waals surface area contributed by atoms with Crippen molar-refractivity contribution in [2.24, 2.45) is 0 Å². The highest BCUT2D eigenvalue weighted by Gasteiger charge is 2.09. The third-order valence-electron chi connectivity index (χ3n) is 6.00. The molecule has 0 bridgehead atoms. The van der Waals surface area contributed by atoms with Gasteiger partial charge >= 0.3 is 0 Å². The first kappa shape index (κ1) is 26.5. The monoisotopic (exact) mass is 417 g/mol. The van der Waals surface area contributed by atoms with Crippen LogP contribution in [0.15, 0.2) is 24.3 Å². The standard InChI is InChI=1S/C27H47NO2/c1-4-5-6-7-8-9-10-11-12-13-14-15-16-17-18-19-27(29)28-24(2)25-20-22-26(30-3)23-21-25/h20-24H,4-19H2,1-3H3,(H,28,29)/t24-/m1/s1. The molecule has 0 radical (unpaired) electrons. The lowest BCUT2D eigenvalue weighted by Crippen LogP contribution is -2.26. The number of carbonyl (C=O) groups excluding carboxylic acids is 1. The van der Waals surface area contributed by atoms with Crippen LogP contribution in [-0.2, 0) is 4.79 Å². The summed E-state index contributed by atoms with van der Waals surface area (Å²) < 4.78 is 5.18. The fourth-order valence-electron chi connectivity index (χ4n) is 3.95. The molecule has 1 rings (SSSR count). The van der Waals surface area contributed by atoms with Crippen molar-refractivity contribution < 1.29 is 9.53 Å². The molecule has 1 amide bonds. The number of rotatable bonds is 19. The third-order valence-corrected chi connectivity index (χ3v) is 6.00. The molecule has 0 unspecified atom stereocenters. The zero-order valence-electron chi connectivity index (χ0n) is 20.0. The summed E-state index contributed by atoms with van der Waals surface area (Å²) in [6.45, 7) is 4.31. The number of carbonyl (C=O) groups is 1. The Balaban J connectivity index is 1.89. The summed E-state index contributed by atoms with van der Waals surface area (Å²) in [4.78, 5) is 12.1. The van der Waals surface area contributed by atoms with E-state index in [-0.39, 0.29) is 11.9 Å². The fourth-order valence-corrected chi connectivity index (χ4v) is 3.95. The van der Waals surface area contributed by atoms with Crippen LogP contribution in [0.1, 0.15) is 128 Å². The minimum absolute atomic E-state index is 0.0414. The van der Waals surface area contributed by atoms with Gasteiger partial charge in [0.05, 0.1) is 13.2 Å². The van der Waals surface area contributed by atoms with Crippen molar-refractivity contribution in [2.45, 2.75) is 123 Å². The highest BCUT2D eigenvalue weighted by atomic mass is 16.5. The summed E-state index contributed by atoms with van der Waals surface area (Å²) in [6.07, 6.45) is 20.9. The van der Waals surface area contributed by atoms with Crippen molar-refractivity contribution >= 4 is 5.91 Å². The van der Waals surface area contributed by atoms with Gasteiger partial charge in [0.2, 0.25) is 5.91 Å². The predicted molar refractivity (Wildman–Crippen MR) is 129 cm³/mol. The smallest absolute Gasteiger partial charge is 0.220 e. The Morgan fingerprint density at radius 3 is 1.63 bits per heavy atom. The molecule has 0 fully saturated rings. The highest BCUT2D eigenvalue weighted by molar-refractivity contribution is 5.76. The molecule has 3 heteroatoms. The van der Waals surface area contributed by atoms with Crippen LogP contribution in [0, 0.1) is 0 Å². The van der Waals surface area contributed by atoms with Crippen LogP contribution in [0.5, 0.6) is 5.75 Å². The van der Waals surface area contributed by atoms with E-state index < -0.39 is 0 Å². The van der Waals surface area contributed by atoms with Crippen molar-refractivity contribution in [1.82, 2.24) is 5.32 Å². The second-order valence-corrected chi connectivity index (χ2v) is 8.76. The first-order valence-corrected chi connectivity index (χ1v) is 12.6. The van der Waals surface area contributed by atoms with Gasteiger partial charge in [-0.15, -0.1) is 0 Å². The summed E-state index contributed by atoms with van der Waals surface area (Å²) in [6, 6.07) is 7.94. The van der Waals surface area contributed by atoms with Gasteiger partial charge in [-0.1, -0.05) is 109 Å². The van der Waals surface area contributed by atoms with Crippen LogP contribution in [0.3, 0.4) is 0 Å². The molecule has 3 nitrogen and oxygen atoms in total. The van der Waals surface area contributed by atoms with E-state index in [4.69, 9.17) is 4.74 Å². The average molecular weight is 418 g/mol. The number of hydrogen-bond acceptors (Lipinski definition) is 2. The van der Waals surface area contributed by atoms with Gasteiger partial charge in [-0.05, 0) is 31.0 Å². The molecule has 0 aliphatic rings. The predicted octanol–water partition coefficient (Wildman–Crippen LogP) is 8.13. The zero-order valence-corrected chi connectivity index (χ0v) is 20.0. The first-order chi connectivity index (χ1) is 14.7. The van der Waals surface area contributed by atoms with Crippen molar-refractivity contribution in [3.05, 3.63) is 29.8 Å². The average Bonchev–Trinajstić information content (AvgIpc) is 2.76. The van der Waals surface area contributed by atoms with Gasteiger partial charge in [0.15, 0.2) is 0 Å². The lowest BCUT2D eigenvalue weighted by molar-refractivity contribution is -0.121. The molecule has 1 atom stereocenters. The Morgan fingerprint density at radius 1 is 0.767 bits per heavy atom. The van der Waals surface area contributed by atoms with Crippen LogP contribution in [0.25, 0.3) is 0 Å². The zero-order chi connectivity index (χ0) is 21.9. The SMILES string of the molecule is CCCCCCCCCCCCCCCCCC(=O)N[C@H](C)c1ccc(OC)cc1. The molecule has 0 saturated heterocycles. The van der Waals surface area contributed by atoms with E-state index in [0.717, 1.165) is 17.7 Å². The van der Waals surface area contributed by atoms with E-state index >= 15 is 0 Å². The molecular formula is C27H47NO2. The Hall–Kier alpha value is -1.51. The van der Waals surface area contributed by atoms with E-state index in [2.05, 4.69) is 12.2 Å². The van der Waals surface area contributed by atoms with Crippen molar-refractivity contribution in [1.29, 1.82) is 0 Å². The van der Waals surface area contributed by atoms with Crippen LogP contribution in [0.4, 0.5) is 0 Å². The van der Waals surface area contributed by atoms with Gasteiger partial charge < -0.3 is 10.1 Å². The van der Waals surface area contributed by atoms with E-state index in [1.165, 1.54) is 89.9 Å². The molecule has 1 N–H and O–H groups in total. The molecule has 0 aromatic heterocycles. The molecule has 172 valence electrons. The molecule has 0 aliphatic carbocycles. The minimum atomic E-state index is 0.0414. The lowest BCUT2D eigenvalue weighted by Gasteiger charge is -2.14. The van der Waals surface area contributed by atoms with Gasteiger partial charge in [0.25, 0.3) is 0 Å². The van der Waals surface area contributed by atoms with Gasteiger partial charge in [-0.25, -0.2) is 0 Å². The molecular weight excluding hydrogens is 370 g/mol. The van der Waals surface area contributed by atoms with Crippen LogP contribution < -0.4 is 10.1 Å². The number of amides is 1. The number of nitrogens with one attached hydrogen (secondary N) is 1. The maximum Gasteiger partial charge on any atom is 0.220 e. The Morgan fingerprint density at radius 2 is 1.20 bits per heavy atom. The molecule has 0 saturated carbocycles. The van der Waals surface area contributed by atoms with E-state index in [9.17, 15) is 4.79 Å². The number of ether oxygens (including phenoxy) is 1. The first-order valence-electron chi connectivity index (χ1n) is 12.6. The summed E-state index contributed by atoms with van der Waals surface area (Å²) in [5, 5.41) is 3.10. The highest BCUT2D eigenvalue weighted by Crippen LogP contribution is 2.18. The quantitative estimate of drug-likeness (QED) is 0.231.